The monoisotopic (exact) mass is 714 g/mol. The lowest BCUT2D eigenvalue weighted by atomic mass is 10.0. The van der Waals surface area contributed by atoms with Crippen LogP contribution in [0.4, 0.5) is 8.78 Å². The van der Waals surface area contributed by atoms with E-state index < -0.39 is 35.7 Å². The van der Waals surface area contributed by atoms with Crippen molar-refractivity contribution in [3.8, 4) is 0 Å². The fourth-order valence-electron chi connectivity index (χ4n) is 5.38. The van der Waals surface area contributed by atoms with E-state index in [0.29, 0.717) is 11.8 Å². The van der Waals surface area contributed by atoms with Crippen LogP contribution in [0.15, 0.2) is 72.8 Å². The van der Waals surface area contributed by atoms with Crippen LogP contribution in [0.3, 0.4) is 0 Å². The van der Waals surface area contributed by atoms with Crippen LogP contribution < -0.4 is 21.3 Å². The van der Waals surface area contributed by atoms with E-state index in [1.54, 1.807) is 12.1 Å². The average Bonchev–Trinajstić information content (AvgIpc) is 4.06. The number of pyridine rings is 2. The summed E-state index contributed by atoms with van der Waals surface area (Å²) < 4.78 is 26.9. The molecule has 0 saturated heterocycles. The van der Waals surface area contributed by atoms with Crippen molar-refractivity contribution in [3.05, 3.63) is 129 Å². The van der Waals surface area contributed by atoms with Crippen molar-refractivity contribution in [2.45, 2.75) is 51.0 Å². The largest absolute Gasteiger partial charge is 0.382 e. The van der Waals surface area contributed by atoms with Gasteiger partial charge in [0.25, 0.3) is 23.6 Å². The number of halogens is 2. The number of benzene rings is 2. The van der Waals surface area contributed by atoms with Gasteiger partial charge in [-0.15, -0.1) is 0 Å². The maximum atomic E-state index is 13.4. The number of nitrogens with one attached hydrogen (secondary N) is 4. The molecule has 14 heteroatoms. The molecule has 2 heterocycles. The second kappa shape index (κ2) is 16.2. The lowest BCUT2D eigenvalue weighted by Crippen LogP contribution is -2.28. The number of carbonyl (C=O) groups is 4. The number of carbonyl (C=O) groups excluding carboxylic acids is 4. The first kappa shape index (κ1) is 37.7. The third-order valence-electron chi connectivity index (χ3n) is 8.88. The number of aromatic nitrogens is 2. The van der Waals surface area contributed by atoms with E-state index in [9.17, 15) is 38.2 Å². The van der Waals surface area contributed by atoms with Crippen LogP contribution in [0.2, 0.25) is 0 Å². The molecule has 2 aliphatic rings. The summed E-state index contributed by atoms with van der Waals surface area (Å²) >= 11 is 0. The topological polar surface area (TPSA) is 183 Å². The highest BCUT2D eigenvalue weighted by atomic mass is 19.1. The quantitative estimate of drug-likeness (QED) is 0.144. The zero-order valence-corrected chi connectivity index (χ0v) is 29.0. The number of aliphatic hydroxyl groups is 2. The molecule has 6 rings (SSSR count). The standard InChI is InChI=1S/2C19H20FN3O3/c2*1-10-6-14(10)23-18(25)12-8-15(22-16(9-12)19(26)21-2)17(24)11-4-3-5-13(20)7-11/h2*3-5,7-10,14,17,24H,6H2,1-2H3,(H,21,26)(H,23,25)/t10-,14-,17+;10-,14-,17-/m00/s1. The Morgan fingerprint density at radius 3 is 1.31 bits per heavy atom. The molecule has 0 aliphatic heterocycles. The maximum absolute atomic E-state index is 13.4. The van der Waals surface area contributed by atoms with E-state index >= 15 is 0 Å². The van der Waals surface area contributed by atoms with Gasteiger partial charge in [0.05, 0.1) is 11.4 Å². The Morgan fingerprint density at radius 2 is 1.00 bits per heavy atom. The number of aliphatic hydroxyl groups excluding tert-OH is 2. The highest BCUT2D eigenvalue weighted by molar-refractivity contribution is 5.99. The normalized spacial score (nSPS) is 19.5. The Hall–Kier alpha value is -5.60. The Kier molecular flexibility index (Phi) is 11.7. The molecular formula is C38H40F2N6O6. The molecule has 2 aromatic heterocycles. The van der Waals surface area contributed by atoms with E-state index in [0.717, 1.165) is 12.8 Å². The van der Waals surface area contributed by atoms with Crippen LogP contribution in [-0.4, -0.2) is 70.0 Å². The van der Waals surface area contributed by atoms with Gasteiger partial charge in [-0.2, -0.15) is 0 Å². The van der Waals surface area contributed by atoms with Crippen LogP contribution in [0, 0.1) is 23.5 Å². The summed E-state index contributed by atoms with van der Waals surface area (Å²) in [6, 6.07) is 16.8. The van der Waals surface area contributed by atoms with Gasteiger partial charge >= 0.3 is 0 Å². The van der Waals surface area contributed by atoms with Gasteiger partial charge in [0, 0.05) is 37.3 Å². The minimum atomic E-state index is -1.26. The Bertz CT molecular complexity index is 1850. The zero-order valence-electron chi connectivity index (χ0n) is 29.0. The first-order chi connectivity index (χ1) is 24.8. The lowest BCUT2D eigenvalue weighted by molar-refractivity contribution is 0.0935. The molecule has 4 aromatic rings. The third-order valence-corrected chi connectivity index (χ3v) is 8.88. The molecular weight excluding hydrogens is 674 g/mol. The molecule has 6 N–H and O–H groups in total. The summed E-state index contributed by atoms with van der Waals surface area (Å²) in [5.41, 5.74) is 1.24. The Labute approximate surface area is 299 Å². The van der Waals surface area contributed by atoms with Crippen molar-refractivity contribution in [2.24, 2.45) is 11.8 Å². The summed E-state index contributed by atoms with van der Waals surface area (Å²) in [5.74, 6) is -1.76. The van der Waals surface area contributed by atoms with Crippen molar-refractivity contribution < 1.29 is 38.2 Å². The lowest BCUT2D eigenvalue weighted by Gasteiger charge is -2.14. The molecule has 52 heavy (non-hydrogen) atoms. The van der Waals surface area contributed by atoms with Crippen molar-refractivity contribution in [1.29, 1.82) is 0 Å². The molecule has 0 bridgehead atoms. The zero-order chi connectivity index (χ0) is 37.7. The molecule has 4 amide bonds. The van der Waals surface area contributed by atoms with Gasteiger partial charge < -0.3 is 31.5 Å². The predicted molar refractivity (Wildman–Crippen MR) is 186 cm³/mol. The van der Waals surface area contributed by atoms with Crippen molar-refractivity contribution in [1.82, 2.24) is 31.2 Å². The maximum Gasteiger partial charge on any atom is 0.269 e. The molecule has 12 nitrogen and oxygen atoms in total. The summed E-state index contributed by atoms with van der Waals surface area (Å²) in [6.07, 6.45) is -0.695. The molecule has 2 fully saturated rings. The summed E-state index contributed by atoms with van der Waals surface area (Å²) in [5, 5.41) is 31.7. The number of hydrogen-bond acceptors (Lipinski definition) is 8. The van der Waals surface area contributed by atoms with Gasteiger partial charge in [0.15, 0.2) is 0 Å². The van der Waals surface area contributed by atoms with Crippen molar-refractivity contribution >= 4 is 23.6 Å². The van der Waals surface area contributed by atoms with Crippen LogP contribution in [0.5, 0.6) is 0 Å². The second-order valence-corrected chi connectivity index (χ2v) is 13.0. The smallest absolute Gasteiger partial charge is 0.269 e. The SMILES string of the molecule is CNC(=O)c1cc(C(=O)N[C@H]2C[C@@H]2C)cc([C@@H](O)c2cccc(F)c2)n1.CNC(=O)c1cc(C(=O)N[C@H]2C[C@@H]2C)cc([C@H](O)c2cccc(F)c2)n1. The second-order valence-electron chi connectivity index (χ2n) is 13.0. The molecule has 272 valence electrons. The third kappa shape index (κ3) is 9.38. The molecule has 0 radical (unpaired) electrons. The molecule has 2 aliphatic carbocycles. The minimum Gasteiger partial charge on any atom is -0.382 e. The number of hydrogen-bond donors (Lipinski definition) is 6. The first-order valence-corrected chi connectivity index (χ1v) is 16.7. The fraction of sp³-hybridized carbons (Fsp3) is 0.316. The van der Waals surface area contributed by atoms with Crippen molar-refractivity contribution in [2.75, 3.05) is 14.1 Å². The minimum absolute atomic E-state index is 0.00875. The average molecular weight is 715 g/mol. The molecule has 2 aromatic carbocycles. The highest BCUT2D eigenvalue weighted by Gasteiger charge is 2.35. The van der Waals surface area contributed by atoms with Crippen molar-refractivity contribution in [3.63, 3.8) is 0 Å². The van der Waals surface area contributed by atoms with Gasteiger partial charge in [-0.25, -0.2) is 18.7 Å². The number of amides is 4. The van der Waals surface area contributed by atoms with E-state index in [2.05, 4.69) is 31.2 Å². The van der Waals surface area contributed by atoms with Gasteiger partial charge in [0.2, 0.25) is 0 Å². The summed E-state index contributed by atoms with van der Waals surface area (Å²) in [4.78, 5) is 57.2. The predicted octanol–water partition coefficient (Wildman–Crippen LogP) is 3.60. The molecule has 0 spiro atoms. The van der Waals surface area contributed by atoms with Crippen LogP contribution in [-0.2, 0) is 0 Å². The number of nitrogens with zero attached hydrogens (tertiary/aromatic N) is 2. The Morgan fingerprint density at radius 1 is 0.635 bits per heavy atom. The Balaban J connectivity index is 0.000000201. The van der Waals surface area contributed by atoms with E-state index in [4.69, 9.17) is 0 Å². The van der Waals surface area contributed by atoms with Crippen LogP contribution >= 0.6 is 0 Å². The van der Waals surface area contributed by atoms with Crippen LogP contribution in [0.25, 0.3) is 0 Å². The first-order valence-electron chi connectivity index (χ1n) is 16.7. The highest BCUT2D eigenvalue weighted by Crippen LogP contribution is 2.31. The van der Waals surface area contributed by atoms with E-state index in [-0.39, 0.29) is 68.9 Å². The summed E-state index contributed by atoms with van der Waals surface area (Å²) in [7, 11) is 2.90. The number of rotatable bonds is 10. The van der Waals surface area contributed by atoms with Gasteiger partial charge in [-0.3, -0.25) is 19.2 Å². The fourth-order valence-corrected chi connectivity index (χ4v) is 5.38. The molecule has 6 atom stereocenters. The summed E-state index contributed by atoms with van der Waals surface area (Å²) in [6.45, 7) is 4.07. The van der Waals surface area contributed by atoms with Gasteiger partial charge in [-0.1, -0.05) is 38.1 Å². The van der Waals surface area contributed by atoms with Gasteiger partial charge in [-0.05, 0) is 84.3 Å². The molecule has 0 unspecified atom stereocenters. The van der Waals surface area contributed by atoms with Crippen LogP contribution in [0.1, 0.15) is 103 Å². The molecule has 2 saturated carbocycles. The van der Waals surface area contributed by atoms with Gasteiger partial charge in [0.1, 0.15) is 35.2 Å². The van der Waals surface area contributed by atoms with E-state index in [1.165, 1.54) is 74.8 Å². The van der Waals surface area contributed by atoms with E-state index in [1.807, 2.05) is 13.8 Å².